The van der Waals surface area contributed by atoms with Crippen LogP contribution < -0.4 is 0 Å². The summed E-state index contributed by atoms with van der Waals surface area (Å²) in [6, 6.07) is 69.9. The van der Waals surface area contributed by atoms with Crippen LogP contribution in [0.15, 0.2) is 199 Å². The van der Waals surface area contributed by atoms with Crippen LogP contribution in [0.2, 0.25) is 0 Å². The molecular weight excluding hydrogens is 617 g/mol. The van der Waals surface area contributed by atoms with Crippen molar-refractivity contribution >= 4 is 43.5 Å². The Kier molecular flexibility index (Phi) is 6.89. The fraction of sp³-hybridized carbons (Fsp3) is 0. The van der Waals surface area contributed by atoms with E-state index in [0.29, 0.717) is 0 Å². The van der Waals surface area contributed by atoms with Gasteiger partial charge in [-0.25, -0.2) is 0 Å². The highest BCUT2D eigenvalue weighted by molar-refractivity contribution is 6.17. The van der Waals surface area contributed by atoms with Crippen LogP contribution in [0, 0.1) is 0 Å². The van der Waals surface area contributed by atoms with Crippen LogP contribution in [0.3, 0.4) is 0 Å². The number of para-hydroxylation sites is 1. The van der Waals surface area contributed by atoms with Gasteiger partial charge < -0.3 is 4.42 Å². The molecule has 1 heteroatoms. The first-order chi connectivity index (χ1) is 25.3. The lowest BCUT2D eigenvalue weighted by atomic mass is 9.89. The van der Waals surface area contributed by atoms with Gasteiger partial charge in [-0.3, -0.25) is 0 Å². The third-order valence-corrected chi connectivity index (χ3v) is 10.3. The second-order valence-corrected chi connectivity index (χ2v) is 13.3. The monoisotopic (exact) mass is 648 g/mol. The Hall–Kier alpha value is -6.70. The van der Waals surface area contributed by atoms with Crippen LogP contribution in [-0.4, -0.2) is 0 Å². The summed E-state index contributed by atoms with van der Waals surface area (Å²) in [4.78, 5) is 0. The maximum Gasteiger partial charge on any atom is 0.143 e. The van der Waals surface area contributed by atoms with Crippen molar-refractivity contribution in [3.8, 4) is 55.6 Å². The zero-order valence-corrected chi connectivity index (χ0v) is 27.9. The zero-order valence-electron chi connectivity index (χ0n) is 27.9. The Bertz CT molecular complexity index is 2880. The fourth-order valence-corrected chi connectivity index (χ4v) is 7.80. The van der Waals surface area contributed by atoms with E-state index < -0.39 is 0 Å². The van der Waals surface area contributed by atoms with Gasteiger partial charge in [-0.2, -0.15) is 0 Å². The normalized spacial score (nSPS) is 11.5. The SMILES string of the molecule is c1ccc(-c2cc(-c3ccc(-c4cc5ccccc5c5ccccc45)cc3)cc(-c3ccc(-c4ccccc4)c4oc5ccccc5c34)c2)cc1. The van der Waals surface area contributed by atoms with E-state index in [1.807, 2.05) is 6.07 Å². The smallest absolute Gasteiger partial charge is 0.143 e. The molecule has 0 atom stereocenters. The van der Waals surface area contributed by atoms with Crippen molar-refractivity contribution in [2.75, 3.05) is 0 Å². The van der Waals surface area contributed by atoms with Crippen LogP contribution in [-0.2, 0) is 0 Å². The van der Waals surface area contributed by atoms with E-state index in [1.54, 1.807) is 0 Å². The van der Waals surface area contributed by atoms with E-state index in [-0.39, 0.29) is 0 Å². The molecule has 1 heterocycles. The molecule has 0 fully saturated rings. The molecule has 0 saturated carbocycles. The summed E-state index contributed by atoms with van der Waals surface area (Å²) in [6.07, 6.45) is 0. The van der Waals surface area contributed by atoms with E-state index in [4.69, 9.17) is 4.42 Å². The van der Waals surface area contributed by atoms with Crippen LogP contribution in [0.5, 0.6) is 0 Å². The molecule has 0 amide bonds. The Balaban J connectivity index is 1.16. The van der Waals surface area contributed by atoms with E-state index >= 15 is 0 Å². The summed E-state index contributed by atoms with van der Waals surface area (Å²) in [6.45, 7) is 0. The molecule has 9 aromatic carbocycles. The van der Waals surface area contributed by atoms with Gasteiger partial charge in [0.2, 0.25) is 0 Å². The number of rotatable bonds is 5. The summed E-state index contributed by atoms with van der Waals surface area (Å²) >= 11 is 0. The van der Waals surface area contributed by atoms with Crippen molar-refractivity contribution in [2.45, 2.75) is 0 Å². The molecule has 0 saturated heterocycles. The van der Waals surface area contributed by atoms with Gasteiger partial charge in [-0.15, -0.1) is 0 Å². The first-order valence-electron chi connectivity index (χ1n) is 17.5. The quantitative estimate of drug-likeness (QED) is 0.169. The number of benzene rings is 9. The Labute approximate surface area is 296 Å². The van der Waals surface area contributed by atoms with Gasteiger partial charge >= 0.3 is 0 Å². The molecule has 0 bridgehead atoms. The van der Waals surface area contributed by atoms with Crippen LogP contribution >= 0.6 is 0 Å². The van der Waals surface area contributed by atoms with Crippen LogP contribution in [0.25, 0.3) is 99.1 Å². The molecule has 1 aromatic heterocycles. The largest absolute Gasteiger partial charge is 0.455 e. The number of furan rings is 1. The van der Waals surface area contributed by atoms with E-state index in [2.05, 4.69) is 188 Å². The van der Waals surface area contributed by atoms with Gasteiger partial charge in [0.05, 0.1) is 0 Å². The Morgan fingerprint density at radius 2 is 0.784 bits per heavy atom. The number of hydrogen-bond acceptors (Lipinski definition) is 1. The summed E-state index contributed by atoms with van der Waals surface area (Å²) in [7, 11) is 0. The highest BCUT2D eigenvalue weighted by atomic mass is 16.3. The fourth-order valence-electron chi connectivity index (χ4n) is 7.80. The Morgan fingerprint density at radius 3 is 1.53 bits per heavy atom. The van der Waals surface area contributed by atoms with Gasteiger partial charge in [-0.1, -0.05) is 158 Å². The highest BCUT2D eigenvalue weighted by Crippen LogP contribution is 2.44. The van der Waals surface area contributed by atoms with E-state index in [1.165, 1.54) is 54.9 Å². The minimum Gasteiger partial charge on any atom is -0.455 e. The second kappa shape index (κ2) is 12.0. The molecule has 0 radical (unpaired) electrons. The molecular formula is C50H32O. The second-order valence-electron chi connectivity index (χ2n) is 13.3. The predicted octanol–water partition coefficient (Wildman–Crippen LogP) is 14.2. The van der Waals surface area contributed by atoms with Crippen molar-refractivity contribution in [3.05, 3.63) is 194 Å². The first kappa shape index (κ1) is 29.2. The first-order valence-corrected chi connectivity index (χ1v) is 17.5. The van der Waals surface area contributed by atoms with Gasteiger partial charge in [0.25, 0.3) is 0 Å². The molecule has 0 aliphatic heterocycles. The third kappa shape index (κ3) is 5.02. The molecule has 1 nitrogen and oxygen atoms in total. The molecule has 0 unspecified atom stereocenters. The predicted molar refractivity (Wildman–Crippen MR) is 216 cm³/mol. The molecule has 0 aliphatic rings. The Morgan fingerprint density at radius 1 is 0.275 bits per heavy atom. The average molecular weight is 649 g/mol. The minimum absolute atomic E-state index is 0.897. The van der Waals surface area contributed by atoms with Gasteiger partial charge in [0, 0.05) is 16.3 Å². The van der Waals surface area contributed by atoms with Crippen LogP contribution in [0.1, 0.15) is 0 Å². The van der Waals surface area contributed by atoms with Crippen molar-refractivity contribution in [1.82, 2.24) is 0 Å². The number of fused-ring (bicyclic) bond motifs is 6. The molecule has 0 N–H and O–H groups in total. The summed E-state index contributed by atoms with van der Waals surface area (Å²) in [5, 5.41) is 7.36. The van der Waals surface area contributed by atoms with Crippen molar-refractivity contribution < 1.29 is 4.42 Å². The lowest BCUT2D eigenvalue weighted by Gasteiger charge is -2.14. The topological polar surface area (TPSA) is 13.1 Å². The highest BCUT2D eigenvalue weighted by Gasteiger charge is 2.18. The van der Waals surface area contributed by atoms with Crippen molar-refractivity contribution in [2.24, 2.45) is 0 Å². The molecule has 238 valence electrons. The minimum atomic E-state index is 0.897. The maximum absolute atomic E-state index is 6.64. The summed E-state index contributed by atoms with van der Waals surface area (Å²) < 4.78 is 6.64. The lowest BCUT2D eigenvalue weighted by Crippen LogP contribution is -1.89. The van der Waals surface area contributed by atoms with E-state index in [0.717, 1.165) is 44.2 Å². The maximum atomic E-state index is 6.64. The van der Waals surface area contributed by atoms with Gasteiger partial charge in [-0.05, 0) is 108 Å². The molecule has 0 aliphatic carbocycles. The van der Waals surface area contributed by atoms with Gasteiger partial charge in [0.1, 0.15) is 11.2 Å². The zero-order chi connectivity index (χ0) is 33.7. The molecule has 0 spiro atoms. The molecule has 10 aromatic rings. The standard InChI is InChI=1S/C50H32O/c1-3-13-33(14-4-1)38-29-39(34-23-25-36(26-24-34)47-32-37-17-7-8-18-41(37)44-19-9-10-20-45(44)47)31-40(30-38)42-27-28-43(35-15-5-2-6-16-35)50-49(42)46-21-11-12-22-48(46)51-50/h1-32H. The molecule has 51 heavy (non-hydrogen) atoms. The van der Waals surface area contributed by atoms with Gasteiger partial charge in [0.15, 0.2) is 0 Å². The number of hydrogen-bond donors (Lipinski definition) is 0. The van der Waals surface area contributed by atoms with Crippen LogP contribution in [0.4, 0.5) is 0 Å². The third-order valence-electron chi connectivity index (χ3n) is 10.3. The summed E-state index contributed by atoms with van der Waals surface area (Å²) in [5.74, 6) is 0. The van der Waals surface area contributed by atoms with E-state index in [9.17, 15) is 0 Å². The average Bonchev–Trinajstić information content (AvgIpc) is 3.61. The molecule has 10 rings (SSSR count). The van der Waals surface area contributed by atoms with Crippen molar-refractivity contribution in [1.29, 1.82) is 0 Å². The summed E-state index contributed by atoms with van der Waals surface area (Å²) in [5.41, 5.74) is 13.6. The lowest BCUT2D eigenvalue weighted by molar-refractivity contribution is 0.670. The van der Waals surface area contributed by atoms with Crippen molar-refractivity contribution in [3.63, 3.8) is 0 Å².